The van der Waals surface area contributed by atoms with Crippen LogP contribution in [0.4, 0.5) is 0 Å². The molecule has 9 nitrogen and oxygen atoms in total. The van der Waals surface area contributed by atoms with Crippen molar-refractivity contribution in [2.75, 3.05) is 11.5 Å². The molecule has 148 valence electrons. The number of aromatic hydroxyl groups is 2. The summed E-state index contributed by atoms with van der Waals surface area (Å²) in [5.74, 6) is -0.565. The second-order valence-corrected chi connectivity index (χ2v) is 8.71. The highest BCUT2D eigenvalue weighted by atomic mass is 32.2. The standard InChI is InChI=1S/C18H15N5O4S2/c24-13-11(15(26)22-5-7-28-17(22)20-13)10(9-1-3-19-4-2-9)12-14(25)21-18-23(16(12)27)6-8-29-18/h1-4,10,24-25H,5-8H2. The van der Waals surface area contributed by atoms with E-state index in [1.165, 1.54) is 45.1 Å². The zero-order valence-corrected chi connectivity index (χ0v) is 16.6. The van der Waals surface area contributed by atoms with Crippen molar-refractivity contribution >= 4 is 23.5 Å². The lowest BCUT2D eigenvalue weighted by Gasteiger charge is -2.20. The molecule has 3 aromatic heterocycles. The van der Waals surface area contributed by atoms with Crippen molar-refractivity contribution in [3.8, 4) is 11.8 Å². The van der Waals surface area contributed by atoms with Crippen LogP contribution >= 0.6 is 23.5 Å². The predicted molar refractivity (Wildman–Crippen MR) is 107 cm³/mol. The number of hydrogen-bond acceptors (Lipinski definition) is 9. The van der Waals surface area contributed by atoms with E-state index in [9.17, 15) is 19.8 Å². The maximum absolute atomic E-state index is 13.2. The van der Waals surface area contributed by atoms with Gasteiger partial charge in [-0.25, -0.2) is 0 Å². The van der Waals surface area contributed by atoms with E-state index in [0.717, 1.165) is 0 Å². The number of rotatable bonds is 3. The quantitative estimate of drug-likeness (QED) is 0.587. The Morgan fingerprint density at radius 1 is 0.862 bits per heavy atom. The van der Waals surface area contributed by atoms with Gasteiger partial charge in [-0.1, -0.05) is 23.5 Å². The lowest BCUT2D eigenvalue weighted by molar-refractivity contribution is 0.414. The van der Waals surface area contributed by atoms with Crippen molar-refractivity contribution in [2.45, 2.75) is 29.3 Å². The summed E-state index contributed by atoms with van der Waals surface area (Å²) in [4.78, 5) is 38.8. The Morgan fingerprint density at radius 2 is 1.34 bits per heavy atom. The van der Waals surface area contributed by atoms with Crippen molar-refractivity contribution in [1.29, 1.82) is 0 Å². The van der Waals surface area contributed by atoms with Crippen LogP contribution < -0.4 is 11.1 Å². The van der Waals surface area contributed by atoms with Gasteiger partial charge < -0.3 is 10.2 Å². The average Bonchev–Trinajstić information content (AvgIpc) is 3.36. The van der Waals surface area contributed by atoms with Gasteiger partial charge in [0.1, 0.15) is 0 Å². The topological polar surface area (TPSA) is 123 Å². The van der Waals surface area contributed by atoms with Crippen LogP contribution in [0.1, 0.15) is 22.6 Å². The summed E-state index contributed by atoms with van der Waals surface area (Å²) in [5, 5.41) is 22.2. The Labute approximate surface area is 172 Å². The van der Waals surface area contributed by atoms with Crippen molar-refractivity contribution < 1.29 is 10.2 Å². The summed E-state index contributed by atoms with van der Waals surface area (Å²) in [6, 6.07) is 3.28. The van der Waals surface area contributed by atoms with E-state index in [-0.39, 0.29) is 11.1 Å². The molecule has 0 saturated heterocycles. The summed E-state index contributed by atoms with van der Waals surface area (Å²) in [5.41, 5.74) is -0.442. The SMILES string of the molecule is O=c1c(C(c2ccncc2)c2c(O)nc3n(c2=O)CCS3)c(O)nc2n1CCS2. The van der Waals surface area contributed by atoms with Crippen LogP contribution in [-0.4, -0.2) is 45.8 Å². The van der Waals surface area contributed by atoms with E-state index in [2.05, 4.69) is 15.0 Å². The van der Waals surface area contributed by atoms with Gasteiger partial charge in [-0.3, -0.25) is 23.7 Å². The van der Waals surface area contributed by atoms with Crippen LogP contribution in [0.3, 0.4) is 0 Å². The monoisotopic (exact) mass is 429 g/mol. The maximum atomic E-state index is 13.2. The third-order valence-electron chi connectivity index (χ3n) is 5.01. The maximum Gasteiger partial charge on any atom is 0.262 e. The number of hydrogen-bond donors (Lipinski definition) is 2. The van der Waals surface area contributed by atoms with Gasteiger partial charge in [0.25, 0.3) is 11.1 Å². The van der Waals surface area contributed by atoms with Crippen LogP contribution in [0.2, 0.25) is 0 Å². The molecule has 0 atom stereocenters. The molecule has 2 aliphatic rings. The van der Waals surface area contributed by atoms with Crippen molar-refractivity contribution in [3.63, 3.8) is 0 Å². The van der Waals surface area contributed by atoms with E-state index in [0.29, 0.717) is 40.5 Å². The Balaban J connectivity index is 1.83. The molecule has 2 aliphatic heterocycles. The molecule has 0 aromatic carbocycles. The van der Waals surface area contributed by atoms with Crippen LogP contribution in [0.25, 0.3) is 0 Å². The normalized spacial score (nSPS) is 14.9. The zero-order valence-electron chi connectivity index (χ0n) is 15.0. The molecule has 0 fully saturated rings. The molecule has 5 rings (SSSR count). The fourth-order valence-corrected chi connectivity index (χ4v) is 5.56. The first-order valence-corrected chi connectivity index (χ1v) is 10.9. The lowest BCUT2D eigenvalue weighted by atomic mass is 9.87. The van der Waals surface area contributed by atoms with Gasteiger partial charge in [0.2, 0.25) is 11.8 Å². The molecule has 5 heterocycles. The van der Waals surface area contributed by atoms with E-state index < -0.39 is 28.8 Å². The number of thioether (sulfide) groups is 2. The van der Waals surface area contributed by atoms with Crippen LogP contribution in [0, 0.1) is 0 Å². The Bertz CT molecular complexity index is 1160. The second kappa shape index (κ2) is 6.92. The number of fused-ring (bicyclic) bond motifs is 2. The van der Waals surface area contributed by atoms with Crippen molar-refractivity contribution in [3.05, 3.63) is 61.9 Å². The minimum atomic E-state index is -1.02. The molecule has 0 amide bonds. The number of aromatic nitrogens is 5. The van der Waals surface area contributed by atoms with E-state index in [1.54, 1.807) is 12.1 Å². The number of pyridine rings is 1. The lowest BCUT2D eigenvalue weighted by Crippen LogP contribution is -2.32. The fraction of sp³-hybridized carbons (Fsp3) is 0.278. The molecule has 0 bridgehead atoms. The first kappa shape index (κ1) is 18.3. The van der Waals surface area contributed by atoms with Crippen LogP contribution in [0.15, 0.2) is 44.4 Å². The first-order valence-electron chi connectivity index (χ1n) is 8.89. The molecule has 0 unspecified atom stereocenters. The average molecular weight is 429 g/mol. The summed E-state index contributed by atoms with van der Waals surface area (Å²) in [6.45, 7) is 0.929. The molecule has 2 N–H and O–H groups in total. The fourth-order valence-electron chi connectivity index (χ4n) is 3.69. The third-order valence-corrected chi connectivity index (χ3v) is 6.92. The van der Waals surface area contributed by atoms with Crippen LogP contribution in [0.5, 0.6) is 11.8 Å². The van der Waals surface area contributed by atoms with Gasteiger partial charge in [-0.15, -0.1) is 0 Å². The largest absolute Gasteiger partial charge is 0.493 e. The highest BCUT2D eigenvalue weighted by molar-refractivity contribution is 7.99. The van der Waals surface area contributed by atoms with Crippen LogP contribution in [-0.2, 0) is 13.1 Å². The first-order chi connectivity index (χ1) is 14.1. The van der Waals surface area contributed by atoms with Gasteiger partial charge in [0.15, 0.2) is 10.3 Å². The highest BCUT2D eigenvalue weighted by Crippen LogP contribution is 2.38. The molecule has 29 heavy (non-hydrogen) atoms. The van der Waals surface area contributed by atoms with Crippen molar-refractivity contribution in [2.24, 2.45) is 0 Å². The second-order valence-electron chi connectivity index (χ2n) is 6.59. The van der Waals surface area contributed by atoms with Gasteiger partial charge in [-0.2, -0.15) is 9.97 Å². The minimum Gasteiger partial charge on any atom is -0.493 e. The summed E-state index contributed by atoms with van der Waals surface area (Å²) in [6.07, 6.45) is 3.05. The molecule has 3 aromatic rings. The predicted octanol–water partition coefficient (Wildman–Crippen LogP) is 0.998. The molecule has 0 saturated carbocycles. The number of nitrogens with zero attached hydrogens (tertiary/aromatic N) is 5. The molecule has 0 aliphatic carbocycles. The Kier molecular flexibility index (Phi) is 4.36. The van der Waals surface area contributed by atoms with E-state index >= 15 is 0 Å². The van der Waals surface area contributed by atoms with Crippen molar-refractivity contribution in [1.82, 2.24) is 24.1 Å². The minimum absolute atomic E-state index is 0.0529. The van der Waals surface area contributed by atoms with Gasteiger partial charge in [0, 0.05) is 37.0 Å². The molecule has 0 spiro atoms. The summed E-state index contributed by atoms with van der Waals surface area (Å²) in [7, 11) is 0. The highest BCUT2D eigenvalue weighted by Gasteiger charge is 2.34. The van der Waals surface area contributed by atoms with Gasteiger partial charge >= 0.3 is 0 Å². The smallest absolute Gasteiger partial charge is 0.262 e. The Morgan fingerprint density at radius 3 is 1.83 bits per heavy atom. The summed E-state index contributed by atoms with van der Waals surface area (Å²) >= 11 is 2.76. The molecule has 0 radical (unpaired) electrons. The van der Waals surface area contributed by atoms with Gasteiger partial charge in [0.05, 0.1) is 17.0 Å². The molecular weight excluding hydrogens is 414 g/mol. The van der Waals surface area contributed by atoms with E-state index in [4.69, 9.17) is 0 Å². The van der Waals surface area contributed by atoms with E-state index in [1.807, 2.05) is 0 Å². The third kappa shape index (κ3) is 2.84. The zero-order chi connectivity index (χ0) is 20.1. The van der Waals surface area contributed by atoms with Gasteiger partial charge in [-0.05, 0) is 17.7 Å². The molecule has 11 heteroatoms. The molecular formula is C18H15N5O4S2. The Hall–Kier alpha value is -2.79. The summed E-state index contributed by atoms with van der Waals surface area (Å²) < 4.78 is 2.97.